The first-order valence-electron chi connectivity index (χ1n) is 12.8. The normalized spacial score (nSPS) is 13.0. The summed E-state index contributed by atoms with van der Waals surface area (Å²) in [6.45, 7) is 4.61. The molecule has 1 aliphatic heterocycles. The molecule has 2 amide bonds. The standard InChI is InChI=1S/C27H32ClN7O5/c1-3-40-27(38)35-13-11-34(12-14-35)18-8-9-22(23(16-18)39-2)32-26-30-17-20(28)24(33-26)31-21-7-5-4-6-19(21)25(37)29-10-15-36/h4-9,16-17,36H,3,10-15H2,1-2H3,(H,29,37)(H2,30,31,32,33). The molecule has 40 heavy (non-hydrogen) atoms. The van der Waals surface area contributed by atoms with Crippen LogP contribution in [0.4, 0.5) is 33.6 Å². The van der Waals surface area contributed by atoms with Gasteiger partial charge in [-0.3, -0.25) is 4.79 Å². The van der Waals surface area contributed by atoms with Crippen molar-refractivity contribution < 1.29 is 24.2 Å². The first kappa shape index (κ1) is 28.7. The zero-order valence-corrected chi connectivity index (χ0v) is 23.1. The van der Waals surface area contributed by atoms with Gasteiger partial charge in [0.15, 0.2) is 5.82 Å². The molecule has 1 saturated heterocycles. The van der Waals surface area contributed by atoms with E-state index in [1.165, 1.54) is 6.20 Å². The Hall–Kier alpha value is -4.29. The van der Waals surface area contributed by atoms with Crippen LogP contribution in [0.25, 0.3) is 0 Å². The van der Waals surface area contributed by atoms with Gasteiger partial charge in [0.25, 0.3) is 5.91 Å². The average Bonchev–Trinajstić information content (AvgIpc) is 2.98. The van der Waals surface area contributed by atoms with Gasteiger partial charge in [-0.25, -0.2) is 9.78 Å². The molecule has 0 saturated carbocycles. The fraction of sp³-hybridized carbons (Fsp3) is 0.333. The van der Waals surface area contributed by atoms with E-state index in [4.69, 9.17) is 26.2 Å². The number of amides is 2. The summed E-state index contributed by atoms with van der Waals surface area (Å²) in [6, 6.07) is 12.7. The maximum atomic E-state index is 12.5. The molecule has 2 aromatic carbocycles. The van der Waals surface area contributed by atoms with Gasteiger partial charge in [-0.05, 0) is 31.2 Å². The van der Waals surface area contributed by atoms with Gasteiger partial charge in [0, 0.05) is 44.5 Å². The number of piperazine rings is 1. The van der Waals surface area contributed by atoms with Crippen molar-refractivity contribution in [3.05, 3.63) is 59.2 Å². The van der Waals surface area contributed by atoms with Crippen LogP contribution in [0.5, 0.6) is 5.75 Å². The number of hydrogen-bond donors (Lipinski definition) is 4. The van der Waals surface area contributed by atoms with Crippen LogP contribution in [0.2, 0.25) is 5.02 Å². The van der Waals surface area contributed by atoms with E-state index in [2.05, 4.69) is 30.8 Å². The fourth-order valence-corrected chi connectivity index (χ4v) is 4.30. The van der Waals surface area contributed by atoms with E-state index in [0.29, 0.717) is 61.3 Å². The van der Waals surface area contributed by atoms with Crippen molar-refractivity contribution >= 4 is 52.4 Å². The molecular weight excluding hydrogens is 538 g/mol. The molecule has 1 aliphatic rings. The lowest BCUT2D eigenvalue weighted by Crippen LogP contribution is -2.49. The molecule has 1 fully saturated rings. The highest BCUT2D eigenvalue weighted by Gasteiger charge is 2.23. The zero-order valence-electron chi connectivity index (χ0n) is 22.3. The minimum absolute atomic E-state index is 0.139. The highest BCUT2D eigenvalue weighted by Crippen LogP contribution is 2.33. The Bertz CT molecular complexity index is 1330. The Balaban J connectivity index is 1.47. The minimum Gasteiger partial charge on any atom is -0.494 e. The van der Waals surface area contributed by atoms with Crippen molar-refractivity contribution in [3.63, 3.8) is 0 Å². The lowest BCUT2D eigenvalue weighted by atomic mass is 10.1. The molecule has 0 spiro atoms. The number of rotatable bonds is 10. The third kappa shape index (κ3) is 7.01. The third-order valence-corrected chi connectivity index (χ3v) is 6.45. The third-order valence-electron chi connectivity index (χ3n) is 6.17. The molecule has 212 valence electrons. The average molecular weight is 570 g/mol. The van der Waals surface area contributed by atoms with E-state index in [9.17, 15) is 9.59 Å². The number of anilines is 5. The summed E-state index contributed by atoms with van der Waals surface area (Å²) >= 11 is 6.37. The van der Waals surface area contributed by atoms with Gasteiger partial charge in [0.05, 0.1) is 43.5 Å². The monoisotopic (exact) mass is 569 g/mol. The molecule has 0 aliphatic carbocycles. The van der Waals surface area contributed by atoms with E-state index in [1.807, 2.05) is 18.2 Å². The number of halogens is 1. The molecule has 4 rings (SSSR count). The number of aromatic nitrogens is 2. The van der Waals surface area contributed by atoms with Crippen LogP contribution in [0.15, 0.2) is 48.7 Å². The number of benzene rings is 2. The summed E-state index contributed by atoms with van der Waals surface area (Å²) in [5, 5.41) is 18.2. The second-order valence-electron chi connectivity index (χ2n) is 8.72. The van der Waals surface area contributed by atoms with E-state index in [0.717, 1.165) is 5.69 Å². The van der Waals surface area contributed by atoms with Gasteiger partial charge >= 0.3 is 6.09 Å². The second-order valence-corrected chi connectivity index (χ2v) is 9.13. The number of methoxy groups -OCH3 is 1. The minimum atomic E-state index is -0.340. The van der Waals surface area contributed by atoms with Gasteiger partial charge in [-0.1, -0.05) is 23.7 Å². The Kier molecular flexibility index (Phi) is 9.81. The molecule has 0 radical (unpaired) electrons. The molecule has 12 nitrogen and oxygen atoms in total. The molecule has 0 unspecified atom stereocenters. The van der Waals surface area contributed by atoms with Crippen molar-refractivity contribution in [1.29, 1.82) is 0 Å². The SMILES string of the molecule is CCOC(=O)N1CCN(c2ccc(Nc3ncc(Cl)c(Nc4ccccc4C(=O)NCCO)n3)c(OC)c2)CC1. The molecule has 0 bridgehead atoms. The first-order valence-corrected chi connectivity index (χ1v) is 13.2. The molecule has 1 aromatic heterocycles. The smallest absolute Gasteiger partial charge is 0.409 e. The molecule has 4 N–H and O–H groups in total. The van der Waals surface area contributed by atoms with Gasteiger partial charge < -0.3 is 40.3 Å². The maximum Gasteiger partial charge on any atom is 0.409 e. The van der Waals surface area contributed by atoms with Crippen molar-refractivity contribution in [3.8, 4) is 5.75 Å². The largest absolute Gasteiger partial charge is 0.494 e. The summed E-state index contributed by atoms with van der Waals surface area (Å²) in [4.78, 5) is 37.2. The van der Waals surface area contributed by atoms with Crippen LogP contribution in [-0.4, -0.2) is 85.0 Å². The van der Waals surface area contributed by atoms with E-state index < -0.39 is 0 Å². The van der Waals surface area contributed by atoms with Crippen molar-refractivity contribution in [2.75, 3.05) is 68.6 Å². The quantitative estimate of drug-likeness (QED) is 0.286. The summed E-state index contributed by atoms with van der Waals surface area (Å²) < 4.78 is 10.7. The molecule has 0 atom stereocenters. The predicted molar refractivity (Wildman–Crippen MR) is 153 cm³/mol. The number of aliphatic hydroxyl groups is 1. The van der Waals surface area contributed by atoms with Crippen LogP contribution < -0.4 is 25.6 Å². The molecule has 2 heterocycles. The molecule has 3 aromatic rings. The zero-order chi connectivity index (χ0) is 28.5. The van der Waals surface area contributed by atoms with Crippen LogP contribution >= 0.6 is 11.6 Å². The van der Waals surface area contributed by atoms with Crippen LogP contribution in [0.3, 0.4) is 0 Å². The Morgan fingerprint density at radius 1 is 1.07 bits per heavy atom. The predicted octanol–water partition coefficient (Wildman–Crippen LogP) is 3.63. The number of nitrogens with one attached hydrogen (secondary N) is 3. The molecule has 13 heteroatoms. The molecular formula is C27H32ClN7O5. The first-order chi connectivity index (χ1) is 19.4. The highest BCUT2D eigenvalue weighted by atomic mass is 35.5. The second kappa shape index (κ2) is 13.7. The number of ether oxygens (including phenoxy) is 2. The van der Waals surface area contributed by atoms with Gasteiger partial charge in [-0.2, -0.15) is 4.98 Å². The van der Waals surface area contributed by atoms with Crippen molar-refractivity contribution in [2.24, 2.45) is 0 Å². The van der Waals surface area contributed by atoms with Gasteiger partial charge in [0.1, 0.15) is 10.8 Å². The van der Waals surface area contributed by atoms with Gasteiger partial charge in [-0.15, -0.1) is 0 Å². The number of carbonyl (C=O) groups is 2. The summed E-state index contributed by atoms with van der Waals surface area (Å²) in [7, 11) is 1.58. The number of aliphatic hydroxyl groups excluding tert-OH is 1. The topological polar surface area (TPSA) is 141 Å². The Morgan fingerprint density at radius 3 is 2.58 bits per heavy atom. The van der Waals surface area contributed by atoms with Crippen molar-refractivity contribution in [2.45, 2.75) is 6.92 Å². The Labute approximate surface area is 237 Å². The van der Waals surface area contributed by atoms with Gasteiger partial charge in [0.2, 0.25) is 5.95 Å². The maximum absolute atomic E-state index is 12.5. The van der Waals surface area contributed by atoms with Crippen molar-refractivity contribution in [1.82, 2.24) is 20.2 Å². The summed E-state index contributed by atoms with van der Waals surface area (Å²) in [5.41, 5.74) is 2.48. The number of nitrogens with zero attached hydrogens (tertiary/aromatic N) is 4. The van der Waals surface area contributed by atoms with E-state index >= 15 is 0 Å². The van der Waals surface area contributed by atoms with Crippen LogP contribution in [0.1, 0.15) is 17.3 Å². The highest BCUT2D eigenvalue weighted by molar-refractivity contribution is 6.33. The van der Waals surface area contributed by atoms with Crippen LogP contribution in [-0.2, 0) is 4.74 Å². The van der Waals surface area contributed by atoms with E-state index in [-0.39, 0.29) is 36.1 Å². The van der Waals surface area contributed by atoms with E-state index in [1.54, 1.807) is 43.2 Å². The number of carbonyl (C=O) groups excluding carboxylic acids is 2. The summed E-state index contributed by atoms with van der Waals surface area (Å²) in [6.07, 6.45) is 1.17. The summed E-state index contributed by atoms with van der Waals surface area (Å²) in [5.74, 6) is 0.817. The Morgan fingerprint density at radius 2 is 1.85 bits per heavy atom. The lowest BCUT2D eigenvalue weighted by molar-refractivity contribution is 0.0945. The lowest BCUT2D eigenvalue weighted by Gasteiger charge is -2.35. The number of para-hydroxylation sites is 1. The number of hydrogen-bond acceptors (Lipinski definition) is 10. The fourth-order valence-electron chi connectivity index (χ4n) is 4.16. The van der Waals surface area contributed by atoms with Crippen LogP contribution in [0, 0.1) is 0 Å².